The summed E-state index contributed by atoms with van der Waals surface area (Å²) in [6.07, 6.45) is 3.83. The van der Waals surface area contributed by atoms with E-state index in [2.05, 4.69) is 71.5 Å². The Hall–Kier alpha value is -2.92. The number of thiocarbonyl (C=S) groups is 1. The summed E-state index contributed by atoms with van der Waals surface area (Å²) in [4.78, 5) is 0. The van der Waals surface area contributed by atoms with Crippen LogP contribution in [-0.4, -0.2) is 15.9 Å². The maximum absolute atomic E-state index is 5.34. The monoisotopic (exact) mass is 376 g/mol. The molecule has 27 heavy (non-hydrogen) atoms. The SMILES string of the molecule is Cc1ccc(Cn2cccc2/C=N/NC(=S)Nc2cccc(C)c2C)cc1. The number of aryl methyl sites for hydroxylation is 2. The molecule has 0 aliphatic rings. The molecule has 0 unspecified atom stereocenters. The highest BCUT2D eigenvalue weighted by molar-refractivity contribution is 7.80. The summed E-state index contributed by atoms with van der Waals surface area (Å²) in [7, 11) is 0. The van der Waals surface area contributed by atoms with Crippen molar-refractivity contribution >= 4 is 29.2 Å². The summed E-state index contributed by atoms with van der Waals surface area (Å²) in [5.74, 6) is 0. The molecule has 1 aromatic heterocycles. The van der Waals surface area contributed by atoms with Crippen molar-refractivity contribution in [3.05, 3.63) is 88.7 Å². The number of aromatic nitrogens is 1. The van der Waals surface area contributed by atoms with E-state index in [4.69, 9.17) is 12.2 Å². The number of nitrogens with zero attached hydrogens (tertiary/aromatic N) is 2. The third-order valence-electron chi connectivity index (χ3n) is 4.55. The zero-order valence-electron chi connectivity index (χ0n) is 15.9. The number of hydrazone groups is 1. The van der Waals surface area contributed by atoms with Crippen molar-refractivity contribution in [2.24, 2.45) is 5.10 Å². The maximum atomic E-state index is 5.34. The first-order chi connectivity index (χ1) is 13.0. The lowest BCUT2D eigenvalue weighted by Crippen LogP contribution is -2.24. The average molecular weight is 377 g/mol. The molecule has 0 aliphatic heterocycles. The molecule has 138 valence electrons. The van der Waals surface area contributed by atoms with Crippen LogP contribution >= 0.6 is 12.2 Å². The van der Waals surface area contributed by atoms with Crippen LogP contribution < -0.4 is 10.7 Å². The molecule has 1 heterocycles. The van der Waals surface area contributed by atoms with Crippen molar-refractivity contribution in [1.82, 2.24) is 9.99 Å². The first-order valence-electron chi connectivity index (χ1n) is 8.90. The number of benzene rings is 2. The van der Waals surface area contributed by atoms with Gasteiger partial charge in [-0.25, -0.2) is 0 Å². The maximum Gasteiger partial charge on any atom is 0.191 e. The van der Waals surface area contributed by atoms with Gasteiger partial charge in [0.15, 0.2) is 5.11 Å². The summed E-state index contributed by atoms with van der Waals surface area (Å²) in [5, 5.41) is 7.94. The van der Waals surface area contributed by atoms with Crippen LogP contribution in [0.15, 0.2) is 65.9 Å². The molecule has 0 saturated carbocycles. The largest absolute Gasteiger partial charge is 0.342 e. The van der Waals surface area contributed by atoms with Gasteiger partial charge in [-0.1, -0.05) is 42.0 Å². The van der Waals surface area contributed by atoms with Gasteiger partial charge in [-0.3, -0.25) is 5.43 Å². The first kappa shape index (κ1) is 18.9. The van der Waals surface area contributed by atoms with Gasteiger partial charge >= 0.3 is 0 Å². The highest BCUT2D eigenvalue weighted by Gasteiger charge is 2.03. The zero-order valence-corrected chi connectivity index (χ0v) is 16.7. The molecule has 0 bridgehead atoms. The normalized spacial score (nSPS) is 10.9. The van der Waals surface area contributed by atoms with Crippen LogP contribution in [0.25, 0.3) is 0 Å². The van der Waals surface area contributed by atoms with E-state index in [9.17, 15) is 0 Å². The molecule has 0 amide bonds. The Morgan fingerprint density at radius 2 is 1.81 bits per heavy atom. The predicted octanol–water partition coefficient (Wildman–Crippen LogP) is 4.78. The van der Waals surface area contributed by atoms with Crippen LogP contribution in [0.5, 0.6) is 0 Å². The van der Waals surface area contributed by atoms with E-state index < -0.39 is 0 Å². The molecular formula is C22H24N4S. The van der Waals surface area contributed by atoms with Crippen LogP contribution in [0, 0.1) is 20.8 Å². The van der Waals surface area contributed by atoms with Crippen LogP contribution in [0.2, 0.25) is 0 Å². The second-order valence-corrected chi connectivity index (χ2v) is 7.03. The molecule has 3 aromatic rings. The van der Waals surface area contributed by atoms with E-state index >= 15 is 0 Å². The molecule has 0 saturated heterocycles. The second kappa shape index (κ2) is 8.64. The number of anilines is 1. The second-order valence-electron chi connectivity index (χ2n) is 6.62. The number of nitrogens with one attached hydrogen (secondary N) is 2. The van der Waals surface area contributed by atoms with E-state index in [1.807, 2.05) is 30.5 Å². The van der Waals surface area contributed by atoms with Gasteiger partial charge in [-0.15, -0.1) is 0 Å². The third-order valence-corrected chi connectivity index (χ3v) is 4.75. The summed E-state index contributed by atoms with van der Waals surface area (Å²) >= 11 is 5.34. The highest BCUT2D eigenvalue weighted by Crippen LogP contribution is 2.17. The highest BCUT2D eigenvalue weighted by atomic mass is 32.1. The molecule has 0 fully saturated rings. The van der Waals surface area contributed by atoms with E-state index in [-0.39, 0.29) is 0 Å². The molecular weight excluding hydrogens is 352 g/mol. The van der Waals surface area contributed by atoms with Gasteiger partial charge in [0.2, 0.25) is 0 Å². The minimum absolute atomic E-state index is 0.469. The minimum atomic E-state index is 0.469. The lowest BCUT2D eigenvalue weighted by Gasteiger charge is -2.11. The smallest absolute Gasteiger partial charge is 0.191 e. The number of hydrogen-bond acceptors (Lipinski definition) is 2. The summed E-state index contributed by atoms with van der Waals surface area (Å²) in [6, 6.07) is 18.7. The van der Waals surface area contributed by atoms with Gasteiger partial charge in [0.1, 0.15) is 0 Å². The van der Waals surface area contributed by atoms with E-state index in [0.29, 0.717) is 5.11 Å². The van der Waals surface area contributed by atoms with Crippen molar-refractivity contribution in [3.63, 3.8) is 0 Å². The number of hydrogen-bond donors (Lipinski definition) is 2. The zero-order chi connectivity index (χ0) is 19.2. The molecule has 0 radical (unpaired) electrons. The van der Waals surface area contributed by atoms with Gasteiger partial charge in [0, 0.05) is 18.4 Å². The van der Waals surface area contributed by atoms with Crippen LogP contribution in [0.1, 0.15) is 27.9 Å². The summed E-state index contributed by atoms with van der Waals surface area (Å²) in [6.45, 7) is 7.05. The average Bonchev–Trinajstić information content (AvgIpc) is 3.08. The quantitative estimate of drug-likeness (QED) is 0.382. The lowest BCUT2D eigenvalue weighted by molar-refractivity contribution is 0.798. The van der Waals surface area contributed by atoms with Crippen molar-refractivity contribution in [2.75, 3.05) is 5.32 Å². The fourth-order valence-corrected chi connectivity index (χ4v) is 2.94. The van der Waals surface area contributed by atoms with Gasteiger partial charge in [-0.2, -0.15) is 5.10 Å². The topological polar surface area (TPSA) is 41.4 Å². The van der Waals surface area contributed by atoms with E-state index in [0.717, 1.165) is 17.9 Å². The molecule has 4 nitrogen and oxygen atoms in total. The first-order valence-corrected chi connectivity index (χ1v) is 9.31. The Kier molecular flexibility index (Phi) is 6.04. The van der Waals surface area contributed by atoms with Gasteiger partial charge in [-0.05, 0) is 67.9 Å². The summed E-state index contributed by atoms with van der Waals surface area (Å²) in [5.41, 5.74) is 9.82. The Labute approximate surface area is 165 Å². The molecule has 0 spiro atoms. The van der Waals surface area contributed by atoms with Crippen molar-refractivity contribution in [1.29, 1.82) is 0 Å². The summed E-state index contributed by atoms with van der Waals surface area (Å²) < 4.78 is 2.15. The number of rotatable bonds is 5. The Morgan fingerprint density at radius 1 is 1.04 bits per heavy atom. The van der Waals surface area contributed by atoms with Gasteiger partial charge in [0.25, 0.3) is 0 Å². The molecule has 0 aliphatic carbocycles. The van der Waals surface area contributed by atoms with E-state index in [1.54, 1.807) is 6.21 Å². The van der Waals surface area contributed by atoms with Gasteiger partial charge in [0.05, 0.1) is 11.9 Å². The van der Waals surface area contributed by atoms with Crippen molar-refractivity contribution in [3.8, 4) is 0 Å². The molecule has 5 heteroatoms. The van der Waals surface area contributed by atoms with E-state index in [1.165, 1.54) is 22.3 Å². The fourth-order valence-electron chi connectivity index (χ4n) is 2.77. The molecule has 2 aromatic carbocycles. The van der Waals surface area contributed by atoms with Crippen LogP contribution in [0.4, 0.5) is 5.69 Å². The molecule has 3 rings (SSSR count). The predicted molar refractivity (Wildman–Crippen MR) is 118 cm³/mol. The van der Waals surface area contributed by atoms with Gasteiger partial charge < -0.3 is 9.88 Å². The lowest BCUT2D eigenvalue weighted by atomic mass is 10.1. The Morgan fingerprint density at radius 3 is 2.59 bits per heavy atom. The standard InChI is InChI=1S/C22H24N4S/c1-16-9-11-19(12-10-16)15-26-13-5-7-20(26)14-23-25-22(27)24-21-8-4-6-17(2)18(21)3/h4-14H,15H2,1-3H3,(H2,24,25,27)/b23-14+. The van der Waals surface area contributed by atoms with Crippen LogP contribution in [0.3, 0.4) is 0 Å². The van der Waals surface area contributed by atoms with Crippen LogP contribution in [-0.2, 0) is 6.54 Å². The molecule has 2 N–H and O–H groups in total. The Bertz CT molecular complexity index is 955. The third kappa shape index (κ3) is 5.05. The fraction of sp³-hybridized carbons (Fsp3) is 0.182. The van der Waals surface area contributed by atoms with Crippen molar-refractivity contribution < 1.29 is 0 Å². The molecule has 0 atom stereocenters. The van der Waals surface area contributed by atoms with Crippen molar-refractivity contribution in [2.45, 2.75) is 27.3 Å². The minimum Gasteiger partial charge on any atom is -0.342 e. The Balaban J connectivity index is 1.60.